The molecule has 7 heteroatoms. The molecule has 1 aromatic rings. The second-order valence-corrected chi connectivity index (χ2v) is 4.95. The summed E-state index contributed by atoms with van der Waals surface area (Å²) in [5.74, 6) is 0.394. The lowest BCUT2D eigenvalue weighted by molar-refractivity contribution is -0.174. The Balaban J connectivity index is 2.65. The standard InChI is InChI=1S/C14H22F3N3O/c1-3-5-19-12(4-6-21-9-14(15,16)17)11-7-10(2)8-20-13(11)18/h7-8,12,19H,3-6,9H2,1-2H3,(H2,18,20). The third-order valence-electron chi connectivity index (χ3n) is 2.92. The second-order valence-electron chi connectivity index (χ2n) is 4.95. The molecule has 0 fully saturated rings. The zero-order valence-electron chi connectivity index (χ0n) is 12.3. The molecule has 0 aromatic carbocycles. The molecule has 0 radical (unpaired) electrons. The van der Waals surface area contributed by atoms with Gasteiger partial charge in [0.1, 0.15) is 12.4 Å². The minimum absolute atomic E-state index is 0.00821. The van der Waals surface area contributed by atoms with Gasteiger partial charge in [-0.15, -0.1) is 0 Å². The molecule has 21 heavy (non-hydrogen) atoms. The molecule has 0 amide bonds. The Bertz CT molecular complexity index is 438. The Labute approximate surface area is 122 Å². The largest absolute Gasteiger partial charge is 0.411 e. The molecule has 1 heterocycles. The van der Waals surface area contributed by atoms with Crippen LogP contribution >= 0.6 is 0 Å². The molecule has 120 valence electrons. The van der Waals surface area contributed by atoms with Gasteiger partial charge in [0, 0.05) is 24.4 Å². The van der Waals surface area contributed by atoms with E-state index in [0.29, 0.717) is 12.2 Å². The molecule has 0 bridgehead atoms. The van der Waals surface area contributed by atoms with Crippen molar-refractivity contribution >= 4 is 5.82 Å². The number of anilines is 1. The van der Waals surface area contributed by atoms with Crippen LogP contribution in [0.25, 0.3) is 0 Å². The molecule has 3 N–H and O–H groups in total. The van der Waals surface area contributed by atoms with Crippen molar-refractivity contribution in [2.24, 2.45) is 0 Å². The van der Waals surface area contributed by atoms with Gasteiger partial charge in [0.15, 0.2) is 0 Å². The van der Waals surface area contributed by atoms with Gasteiger partial charge in [-0.25, -0.2) is 4.98 Å². The molecule has 0 aliphatic rings. The monoisotopic (exact) mass is 305 g/mol. The number of nitrogen functional groups attached to an aromatic ring is 1. The number of ether oxygens (including phenoxy) is 1. The minimum atomic E-state index is -4.30. The maximum absolute atomic E-state index is 12.1. The summed E-state index contributed by atoms with van der Waals surface area (Å²) in [6.45, 7) is 3.44. The molecule has 0 aliphatic heterocycles. The van der Waals surface area contributed by atoms with Crippen molar-refractivity contribution in [2.45, 2.75) is 38.9 Å². The van der Waals surface area contributed by atoms with E-state index in [1.165, 1.54) is 0 Å². The van der Waals surface area contributed by atoms with Crippen molar-refractivity contribution in [1.29, 1.82) is 0 Å². The van der Waals surface area contributed by atoms with Crippen molar-refractivity contribution in [1.82, 2.24) is 10.3 Å². The number of halogens is 3. The first kappa shape index (κ1) is 17.7. The van der Waals surface area contributed by atoms with Gasteiger partial charge < -0.3 is 15.8 Å². The summed E-state index contributed by atoms with van der Waals surface area (Å²) in [5.41, 5.74) is 7.63. The van der Waals surface area contributed by atoms with Crippen LogP contribution < -0.4 is 11.1 Å². The topological polar surface area (TPSA) is 60.2 Å². The maximum atomic E-state index is 12.1. The Morgan fingerprint density at radius 1 is 1.43 bits per heavy atom. The molecule has 1 rings (SSSR count). The van der Waals surface area contributed by atoms with E-state index in [4.69, 9.17) is 5.73 Å². The number of hydrogen-bond donors (Lipinski definition) is 2. The number of nitrogens with two attached hydrogens (primary N) is 1. The van der Waals surface area contributed by atoms with Crippen LogP contribution in [-0.4, -0.2) is 30.9 Å². The molecule has 4 nitrogen and oxygen atoms in total. The summed E-state index contributed by atoms with van der Waals surface area (Å²) in [6.07, 6.45) is -1.31. The normalized spacial score (nSPS) is 13.4. The van der Waals surface area contributed by atoms with E-state index in [-0.39, 0.29) is 12.6 Å². The average Bonchev–Trinajstić information content (AvgIpc) is 2.40. The van der Waals surface area contributed by atoms with Crippen LogP contribution in [-0.2, 0) is 4.74 Å². The van der Waals surface area contributed by atoms with Crippen molar-refractivity contribution in [2.75, 3.05) is 25.5 Å². The van der Waals surface area contributed by atoms with Crippen molar-refractivity contribution < 1.29 is 17.9 Å². The number of nitrogens with one attached hydrogen (secondary N) is 1. The summed E-state index contributed by atoms with van der Waals surface area (Å²) < 4.78 is 40.8. The lowest BCUT2D eigenvalue weighted by Crippen LogP contribution is -2.26. The van der Waals surface area contributed by atoms with Gasteiger partial charge in [-0.1, -0.05) is 6.92 Å². The van der Waals surface area contributed by atoms with E-state index in [2.05, 4.69) is 15.0 Å². The van der Waals surface area contributed by atoms with Crippen LogP contribution in [0.2, 0.25) is 0 Å². The predicted molar refractivity (Wildman–Crippen MR) is 75.9 cm³/mol. The van der Waals surface area contributed by atoms with E-state index in [1.807, 2.05) is 19.9 Å². The minimum Gasteiger partial charge on any atom is -0.383 e. The molecular weight excluding hydrogens is 283 g/mol. The third-order valence-corrected chi connectivity index (χ3v) is 2.92. The zero-order chi connectivity index (χ0) is 15.9. The Morgan fingerprint density at radius 2 is 2.14 bits per heavy atom. The van der Waals surface area contributed by atoms with Crippen molar-refractivity contribution in [3.05, 3.63) is 23.4 Å². The first-order chi connectivity index (χ1) is 9.83. The third kappa shape index (κ3) is 6.77. The van der Waals surface area contributed by atoms with Crippen LogP contribution in [0.1, 0.15) is 36.9 Å². The van der Waals surface area contributed by atoms with Crippen LogP contribution in [0, 0.1) is 6.92 Å². The molecule has 0 spiro atoms. The number of aryl methyl sites for hydroxylation is 1. The first-order valence-electron chi connectivity index (χ1n) is 6.93. The Hall–Kier alpha value is -1.34. The van der Waals surface area contributed by atoms with E-state index < -0.39 is 12.8 Å². The van der Waals surface area contributed by atoms with Crippen LogP contribution in [0.4, 0.5) is 19.0 Å². The molecule has 1 unspecified atom stereocenters. The van der Waals surface area contributed by atoms with Gasteiger partial charge in [-0.2, -0.15) is 13.2 Å². The Morgan fingerprint density at radius 3 is 2.76 bits per heavy atom. The number of aromatic nitrogens is 1. The number of alkyl halides is 3. The number of nitrogens with zero attached hydrogens (tertiary/aromatic N) is 1. The lowest BCUT2D eigenvalue weighted by atomic mass is 10.0. The molecule has 0 saturated carbocycles. The highest BCUT2D eigenvalue weighted by atomic mass is 19.4. The fourth-order valence-corrected chi connectivity index (χ4v) is 1.96. The van der Waals surface area contributed by atoms with Gasteiger partial charge >= 0.3 is 6.18 Å². The predicted octanol–water partition coefficient (Wildman–Crippen LogP) is 2.98. The summed E-state index contributed by atoms with van der Waals surface area (Å²) in [4.78, 5) is 4.09. The van der Waals surface area contributed by atoms with Crippen LogP contribution in [0.3, 0.4) is 0 Å². The number of pyridine rings is 1. The fourth-order valence-electron chi connectivity index (χ4n) is 1.96. The van der Waals surface area contributed by atoms with Gasteiger partial charge in [0.2, 0.25) is 0 Å². The van der Waals surface area contributed by atoms with Crippen molar-refractivity contribution in [3.63, 3.8) is 0 Å². The van der Waals surface area contributed by atoms with Crippen LogP contribution in [0.15, 0.2) is 12.3 Å². The van der Waals surface area contributed by atoms with E-state index in [9.17, 15) is 13.2 Å². The van der Waals surface area contributed by atoms with Gasteiger partial charge in [0.25, 0.3) is 0 Å². The average molecular weight is 305 g/mol. The summed E-state index contributed by atoms with van der Waals surface area (Å²) in [5, 5.41) is 3.27. The lowest BCUT2D eigenvalue weighted by Gasteiger charge is -2.20. The first-order valence-corrected chi connectivity index (χ1v) is 6.93. The highest BCUT2D eigenvalue weighted by molar-refractivity contribution is 5.42. The van der Waals surface area contributed by atoms with E-state index in [1.54, 1.807) is 6.20 Å². The summed E-state index contributed by atoms with van der Waals surface area (Å²) >= 11 is 0. The maximum Gasteiger partial charge on any atom is 0.411 e. The zero-order valence-corrected chi connectivity index (χ0v) is 12.3. The molecule has 0 aliphatic carbocycles. The second kappa shape index (κ2) is 8.19. The summed E-state index contributed by atoms with van der Waals surface area (Å²) in [6, 6.07) is 1.74. The Kier molecular flexibility index (Phi) is 6.91. The summed E-state index contributed by atoms with van der Waals surface area (Å²) in [7, 11) is 0. The van der Waals surface area contributed by atoms with E-state index in [0.717, 1.165) is 24.1 Å². The molecule has 1 atom stereocenters. The highest BCUT2D eigenvalue weighted by Crippen LogP contribution is 2.23. The van der Waals surface area contributed by atoms with Crippen molar-refractivity contribution in [3.8, 4) is 0 Å². The van der Waals surface area contributed by atoms with Gasteiger partial charge in [-0.05, 0) is 37.9 Å². The highest BCUT2D eigenvalue weighted by Gasteiger charge is 2.27. The molecule has 1 aromatic heterocycles. The quantitative estimate of drug-likeness (QED) is 0.725. The SMILES string of the molecule is CCCNC(CCOCC(F)(F)F)c1cc(C)cnc1N. The molecule has 0 saturated heterocycles. The number of hydrogen-bond acceptors (Lipinski definition) is 4. The fraction of sp³-hybridized carbons (Fsp3) is 0.643. The van der Waals surface area contributed by atoms with Gasteiger partial charge in [0.05, 0.1) is 0 Å². The number of rotatable bonds is 8. The van der Waals surface area contributed by atoms with Gasteiger partial charge in [-0.3, -0.25) is 0 Å². The molecular formula is C14H22F3N3O. The van der Waals surface area contributed by atoms with Crippen LogP contribution in [0.5, 0.6) is 0 Å². The smallest absolute Gasteiger partial charge is 0.383 e. The van der Waals surface area contributed by atoms with E-state index >= 15 is 0 Å².